The molecule has 0 aromatic carbocycles. The lowest BCUT2D eigenvalue weighted by Gasteiger charge is -1.95. The van der Waals surface area contributed by atoms with Gasteiger partial charge in [-0.05, 0) is 24.8 Å². The molecule has 66 valence electrons. The third-order valence-electron chi connectivity index (χ3n) is 2.40. The van der Waals surface area contributed by atoms with Crippen LogP contribution < -0.4 is 0 Å². The van der Waals surface area contributed by atoms with Crippen molar-refractivity contribution in [2.45, 2.75) is 18.8 Å². The van der Waals surface area contributed by atoms with Gasteiger partial charge in [0.1, 0.15) is 5.15 Å². The van der Waals surface area contributed by atoms with Crippen molar-refractivity contribution in [3.63, 3.8) is 0 Å². The molecule has 2 aromatic heterocycles. The summed E-state index contributed by atoms with van der Waals surface area (Å²) in [7, 11) is 0. The molecule has 3 rings (SSSR count). The van der Waals surface area contributed by atoms with E-state index in [2.05, 4.69) is 10.1 Å². The van der Waals surface area contributed by atoms with Gasteiger partial charge in [0.15, 0.2) is 5.65 Å². The van der Waals surface area contributed by atoms with Gasteiger partial charge >= 0.3 is 0 Å². The first kappa shape index (κ1) is 7.33. The smallest absolute Gasteiger partial charge is 0.160 e. The van der Waals surface area contributed by atoms with E-state index < -0.39 is 0 Å². The Balaban J connectivity index is 2.32. The van der Waals surface area contributed by atoms with Gasteiger partial charge in [0.2, 0.25) is 0 Å². The average Bonchev–Trinajstić information content (AvgIpc) is 2.87. The molecule has 0 amide bonds. The largest absolute Gasteiger partial charge is 0.237 e. The molecule has 0 aliphatic heterocycles. The molecule has 0 spiro atoms. The number of nitrogens with zero attached hydrogens (tertiary/aromatic N) is 3. The Hall–Kier alpha value is -1.09. The number of halogens is 1. The van der Waals surface area contributed by atoms with E-state index in [1.807, 2.05) is 6.20 Å². The summed E-state index contributed by atoms with van der Waals surface area (Å²) in [5, 5.41) is 4.82. The second kappa shape index (κ2) is 2.45. The quantitative estimate of drug-likeness (QED) is 0.651. The van der Waals surface area contributed by atoms with E-state index in [1.165, 1.54) is 18.4 Å². The maximum absolute atomic E-state index is 5.96. The van der Waals surface area contributed by atoms with Crippen molar-refractivity contribution < 1.29 is 0 Å². The standard InChI is InChI=1S/C9H8ClN3/c10-8-3-4-11-9-7(6-1-2-6)5-12-13(8)9/h3-6H,1-2H2. The second-order valence-electron chi connectivity index (χ2n) is 3.38. The molecule has 0 unspecified atom stereocenters. The molecule has 0 N–H and O–H groups in total. The van der Waals surface area contributed by atoms with Crippen molar-refractivity contribution in [1.29, 1.82) is 0 Å². The average molecular weight is 194 g/mol. The number of rotatable bonds is 1. The fraction of sp³-hybridized carbons (Fsp3) is 0.333. The van der Waals surface area contributed by atoms with Gasteiger partial charge in [0, 0.05) is 11.8 Å². The van der Waals surface area contributed by atoms with Crippen LogP contribution in [-0.4, -0.2) is 14.6 Å². The Kier molecular flexibility index (Phi) is 1.38. The molecule has 0 atom stereocenters. The summed E-state index contributed by atoms with van der Waals surface area (Å²) >= 11 is 5.96. The highest BCUT2D eigenvalue weighted by molar-refractivity contribution is 6.29. The van der Waals surface area contributed by atoms with Gasteiger partial charge in [0.05, 0.1) is 6.20 Å². The van der Waals surface area contributed by atoms with Gasteiger partial charge in [-0.25, -0.2) is 9.50 Å². The summed E-state index contributed by atoms with van der Waals surface area (Å²) in [6.45, 7) is 0. The van der Waals surface area contributed by atoms with Crippen molar-refractivity contribution >= 4 is 17.2 Å². The van der Waals surface area contributed by atoms with Crippen molar-refractivity contribution in [3.05, 3.63) is 29.2 Å². The summed E-state index contributed by atoms with van der Waals surface area (Å²) in [5.74, 6) is 0.670. The van der Waals surface area contributed by atoms with Gasteiger partial charge in [-0.15, -0.1) is 0 Å². The van der Waals surface area contributed by atoms with Crippen molar-refractivity contribution in [3.8, 4) is 0 Å². The van der Waals surface area contributed by atoms with Crippen LogP contribution >= 0.6 is 11.6 Å². The molecule has 1 aliphatic carbocycles. The highest BCUT2D eigenvalue weighted by Crippen LogP contribution is 2.41. The molecule has 13 heavy (non-hydrogen) atoms. The van der Waals surface area contributed by atoms with Crippen molar-refractivity contribution in [1.82, 2.24) is 14.6 Å². The molecule has 0 saturated heterocycles. The van der Waals surface area contributed by atoms with Crippen LogP contribution in [0, 0.1) is 0 Å². The van der Waals surface area contributed by atoms with Gasteiger partial charge in [-0.3, -0.25) is 0 Å². The molecular weight excluding hydrogens is 186 g/mol. The molecule has 1 saturated carbocycles. The summed E-state index contributed by atoms with van der Waals surface area (Å²) in [4.78, 5) is 4.28. The Bertz CT molecular complexity index is 459. The van der Waals surface area contributed by atoms with Crippen LogP contribution in [0.5, 0.6) is 0 Å². The van der Waals surface area contributed by atoms with E-state index in [1.54, 1.807) is 16.8 Å². The Morgan fingerprint density at radius 1 is 1.46 bits per heavy atom. The van der Waals surface area contributed by atoms with E-state index in [0.717, 1.165) is 5.65 Å². The first-order valence-electron chi connectivity index (χ1n) is 4.34. The van der Waals surface area contributed by atoms with Crippen molar-refractivity contribution in [2.75, 3.05) is 0 Å². The summed E-state index contributed by atoms with van der Waals surface area (Å²) in [6.07, 6.45) is 6.13. The molecule has 3 nitrogen and oxygen atoms in total. The number of hydrogen-bond donors (Lipinski definition) is 0. The number of hydrogen-bond acceptors (Lipinski definition) is 2. The van der Waals surface area contributed by atoms with Gasteiger partial charge in [-0.2, -0.15) is 5.10 Å². The molecule has 1 fully saturated rings. The topological polar surface area (TPSA) is 30.2 Å². The van der Waals surface area contributed by atoms with E-state index in [-0.39, 0.29) is 0 Å². The summed E-state index contributed by atoms with van der Waals surface area (Å²) in [6, 6.07) is 1.75. The molecule has 1 aliphatic rings. The maximum atomic E-state index is 5.96. The minimum atomic E-state index is 0.622. The lowest BCUT2D eigenvalue weighted by Crippen LogP contribution is -1.91. The lowest BCUT2D eigenvalue weighted by molar-refractivity contribution is 0.940. The molecule has 0 bridgehead atoms. The molecule has 0 radical (unpaired) electrons. The minimum absolute atomic E-state index is 0.622. The highest BCUT2D eigenvalue weighted by atomic mass is 35.5. The first-order chi connectivity index (χ1) is 6.36. The van der Waals surface area contributed by atoms with Crippen LogP contribution in [0.15, 0.2) is 18.5 Å². The highest BCUT2D eigenvalue weighted by Gasteiger charge is 2.27. The SMILES string of the molecule is Clc1ccnc2c(C3CC3)cnn12. The van der Waals surface area contributed by atoms with E-state index >= 15 is 0 Å². The zero-order valence-corrected chi connectivity index (χ0v) is 7.70. The van der Waals surface area contributed by atoms with Crippen LogP contribution in [0.1, 0.15) is 24.3 Å². The minimum Gasteiger partial charge on any atom is -0.237 e. The number of aromatic nitrogens is 3. The van der Waals surface area contributed by atoms with Crippen LogP contribution in [0.3, 0.4) is 0 Å². The fourth-order valence-corrected chi connectivity index (χ4v) is 1.74. The maximum Gasteiger partial charge on any atom is 0.160 e. The zero-order chi connectivity index (χ0) is 8.84. The normalized spacial score (nSPS) is 16.7. The van der Waals surface area contributed by atoms with Gasteiger partial charge in [-0.1, -0.05) is 11.6 Å². The third kappa shape index (κ3) is 1.04. The molecular formula is C9H8ClN3. The predicted octanol–water partition coefficient (Wildman–Crippen LogP) is 2.26. The Morgan fingerprint density at radius 3 is 3.08 bits per heavy atom. The molecule has 2 heterocycles. The van der Waals surface area contributed by atoms with Gasteiger partial charge < -0.3 is 0 Å². The van der Waals surface area contributed by atoms with E-state index in [9.17, 15) is 0 Å². The van der Waals surface area contributed by atoms with Crippen molar-refractivity contribution in [2.24, 2.45) is 0 Å². The lowest BCUT2D eigenvalue weighted by atomic mass is 10.2. The van der Waals surface area contributed by atoms with Crippen LogP contribution in [0.4, 0.5) is 0 Å². The third-order valence-corrected chi connectivity index (χ3v) is 2.69. The van der Waals surface area contributed by atoms with Gasteiger partial charge in [0.25, 0.3) is 0 Å². The monoisotopic (exact) mass is 193 g/mol. The molecule has 4 heteroatoms. The fourth-order valence-electron chi connectivity index (χ4n) is 1.56. The molecule has 2 aromatic rings. The van der Waals surface area contributed by atoms with Crippen LogP contribution in [0.2, 0.25) is 5.15 Å². The van der Waals surface area contributed by atoms with Crippen LogP contribution in [0.25, 0.3) is 5.65 Å². The summed E-state index contributed by atoms with van der Waals surface area (Å²) in [5.41, 5.74) is 2.15. The Morgan fingerprint density at radius 2 is 2.31 bits per heavy atom. The first-order valence-corrected chi connectivity index (χ1v) is 4.72. The second-order valence-corrected chi connectivity index (χ2v) is 3.76. The summed E-state index contributed by atoms with van der Waals surface area (Å²) < 4.78 is 1.69. The number of fused-ring (bicyclic) bond motifs is 1. The van der Waals surface area contributed by atoms with E-state index in [0.29, 0.717) is 11.1 Å². The Labute approximate surface area is 80.3 Å². The predicted molar refractivity (Wildman–Crippen MR) is 50.0 cm³/mol. The zero-order valence-electron chi connectivity index (χ0n) is 6.94. The van der Waals surface area contributed by atoms with Crippen LogP contribution in [-0.2, 0) is 0 Å². The van der Waals surface area contributed by atoms with E-state index in [4.69, 9.17) is 11.6 Å².